The minimum atomic E-state index is -0.350. The van der Waals surface area contributed by atoms with Crippen molar-refractivity contribution in [2.24, 2.45) is 9.98 Å². The molecule has 286 valence electrons. The molecule has 12 rings (SSSR count). The molecule has 0 saturated heterocycles. The fraction of sp³-hybridized carbons (Fsp3) is 0.346. The Labute approximate surface area is 335 Å². The number of nitrogens with zero attached hydrogens (tertiary/aromatic N) is 2. The lowest BCUT2D eigenvalue weighted by Crippen LogP contribution is -2.35. The number of allylic oxidation sites excluding steroid dienone is 2. The first-order valence-electron chi connectivity index (χ1n) is 21.7. The molecule has 6 aromatic rings. The van der Waals surface area contributed by atoms with Gasteiger partial charge >= 0.3 is 0 Å². The van der Waals surface area contributed by atoms with Gasteiger partial charge in [-0.3, -0.25) is 19.2 Å². The molecule has 6 aliphatic carbocycles. The Morgan fingerprint density at radius 3 is 1.05 bits per heavy atom. The summed E-state index contributed by atoms with van der Waals surface area (Å²) in [5.41, 5.74) is 10.2. The summed E-state index contributed by atoms with van der Waals surface area (Å²) in [6, 6.07) is 24.1. The summed E-state index contributed by atoms with van der Waals surface area (Å²) in [5.74, 6) is 0. The highest BCUT2D eigenvalue weighted by Gasteiger charge is 2.50. The van der Waals surface area contributed by atoms with E-state index in [1.54, 1.807) is 24.3 Å². The molecule has 3 saturated carbocycles. The standard InChI is InChI=1S/C52H44N2O4/c55-46-32-14-4-5-15-33(32)47(56)44(46)53-42-26-30-24-40-36(28-38(30)51(42)20-10-2-11-21-51)37-29-39-31(25-41(37)50(40)18-8-1-9-19-50)27-43(52(39)22-12-3-13-23-52)54-45-48(57)34-16-6-7-17-35(34)49(45)58/h4-7,14-17,24-29H,1-3,8-13,18-23H2. The summed E-state index contributed by atoms with van der Waals surface area (Å²) in [5, 5.41) is 1.92. The van der Waals surface area contributed by atoms with E-state index in [0.717, 1.165) is 88.4 Å². The Bertz CT molecular complexity index is 2890. The molecule has 0 N–H and O–H groups in total. The van der Waals surface area contributed by atoms with Gasteiger partial charge in [0.25, 0.3) is 0 Å². The van der Waals surface area contributed by atoms with E-state index in [4.69, 9.17) is 9.98 Å². The van der Waals surface area contributed by atoms with Crippen LogP contribution in [-0.2, 0) is 16.2 Å². The molecule has 0 aliphatic heterocycles. The molecule has 3 fully saturated rings. The third-order valence-electron chi connectivity index (χ3n) is 15.6. The maximum atomic E-state index is 13.6. The Balaban J connectivity index is 1.06. The molecule has 0 heterocycles. The number of benzene rings is 4. The average molecular weight is 761 g/mol. The zero-order valence-corrected chi connectivity index (χ0v) is 32.7. The summed E-state index contributed by atoms with van der Waals surface area (Å²) in [7, 11) is 0. The van der Waals surface area contributed by atoms with Gasteiger partial charge in [-0.2, -0.15) is 0 Å². The lowest BCUT2D eigenvalue weighted by atomic mass is 9.66. The second kappa shape index (κ2) is 12.2. The molecule has 0 radical (unpaired) electrons. The number of rotatable bonds is 2. The third kappa shape index (κ3) is 4.44. The molecule has 0 unspecified atom stereocenters. The quantitative estimate of drug-likeness (QED) is 0.177. The van der Waals surface area contributed by atoms with Crippen LogP contribution in [0.1, 0.15) is 130 Å². The Morgan fingerprint density at radius 1 is 0.379 bits per heavy atom. The monoisotopic (exact) mass is 760 g/mol. The van der Waals surface area contributed by atoms with E-state index < -0.39 is 0 Å². The topological polar surface area (TPSA) is 93.0 Å². The van der Waals surface area contributed by atoms with Crippen molar-refractivity contribution >= 4 is 33.7 Å². The lowest BCUT2D eigenvalue weighted by molar-refractivity contribution is 0.340. The maximum absolute atomic E-state index is 13.6. The van der Waals surface area contributed by atoms with Crippen LogP contribution in [0.4, 0.5) is 0 Å². The largest absolute Gasteiger partial charge is 0.287 e. The fourth-order valence-corrected chi connectivity index (χ4v) is 12.8. The highest BCUT2D eigenvalue weighted by atomic mass is 16.1. The molecule has 0 aromatic heterocycles. The molecule has 6 aliphatic rings. The van der Waals surface area contributed by atoms with Crippen LogP contribution in [0.2, 0.25) is 0 Å². The minimum absolute atomic E-state index is 0.0527. The maximum Gasteiger partial charge on any atom is 0.216 e. The molecule has 6 heteroatoms. The van der Waals surface area contributed by atoms with Crippen molar-refractivity contribution in [3.05, 3.63) is 169 Å². The Hall–Kier alpha value is -5.62. The average Bonchev–Trinajstić information content (AvgIpc) is 3.95. The first kappa shape index (κ1) is 34.4. The summed E-state index contributed by atoms with van der Waals surface area (Å²) >= 11 is 0. The zero-order valence-electron chi connectivity index (χ0n) is 32.7. The van der Waals surface area contributed by atoms with Crippen molar-refractivity contribution in [2.45, 2.75) is 113 Å². The fourth-order valence-electron chi connectivity index (χ4n) is 12.8. The first-order valence-corrected chi connectivity index (χ1v) is 21.7. The molecule has 6 aromatic carbocycles. The van der Waals surface area contributed by atoms with E-state index >= 15 is 0 Å². The van der Waals surface area contributed by atoms with Gasteiger partial charge in [-0.05, 0) is 119 Å². The molecule has 3 spiro atoms. The van der Waals surface area contributed by atoms with Crippen LogP contribution in [-0.4, -0.2) is 0 Å². The summed E-state index contributed by atoms with van der Waals surface area (Å²) in [6.07, 6.45) is 20.6. The second-order valence-corrected chi connectivity index (χ2v) is 18.3. The van der Waals surface area contributed by atoms with Crippen LogP contribution in [0, 0.1) is 0 Å². The highest BCUT2D eigenvalue weighted by molar-refractivity contribution is 5.89. The van der Waals surface area contributed by atoms with Crippen LogP contribution in [0.5, 0.6) is 0 Å². The summed E-state index contributed by atoms with van der Waals surface area (Å²) < 4.78 is 0. The van der Waals surface area contributed by atoms with Crippen molar-refractivity contribution in [3.8, 4) is 11.1 Å². The number of hydrogen-bond acceptors (Lipinski definition) is 6. The molecular weight excluding hydrogens is 717 g/mol. The predicted octanol–water partition coefficient (Wildman–Crippen LogP) is 8.73. The van der Waals surface area contributed by atoms with Gasteiger partial charge in [0.05, 0.1) is 11.4 Å². The SMILES string of the molecule is O=c1c(=NC2=Cc3cc4c(cc3C23CCCCC3)-c2cc3c(cc2C42CCCCC2)C=C(N=c2c(=O)c4ccccc4c2=O)C32CCCCC2)c(=O)c2ccccc12. The molecule has 0 amide bonds. The van der Waals surface area contributed by atoms with Crippen LogP contribution in [0.15, 0.2) is 113 Å². The first-order chi connectivity index (χ1) is 28.3. The Kier molecular flexibility index (Phi) is 7.24. The van der Waals surface area contributed by atoms with E-state index in [2.05, 4.69) is 36.4 Å². The Morgan fingerprint density at radius 2 is 0.707 bits per heavy atom. The normalized spacial score (nSPS) is 20.6. The van der Waals surface area contributed by atoms with E-state index in [0.29, 0.717) is 21.5 Å². The van der Waals surface area contributed by atoms with Gasteiger partial charge in [-0.25, -0.2) is 9.98 Å². The van der Waals surface area contributed by atoms with E-state index in [1.807, 2.05) is 24.3 Å². The highest BCUT2D eigenvalue weighted by Crippen LogP contribution is 2.62. The predicted molar refractivity (Wildman–Crippen MR) is 230 cm³/mol. The molecular formula is C52H44N2O4. The van der Waals surface area contributed by atoms with Crippen LogP contribution in [0.3, 0.4) is 0 Å². The van der Waals surface area contributed by atoms with Gasteiger partial charge in [0.2, 0.25) is 21.7 Å². The molecule has 0 bridgehead atoms. The second-order valence-electron chi connectivity index (χ2n) is 18.3. The van der Waals surface area contributed by atoms with Crippen molar-refractivity contribution in [1.29, 1.82) is 0 Å². The van der Waals surface area contributed by atoms with Crippen molar-refractivity contribution in [3.63, 3.8) is 0 Å². The molecule has 58 heavy (non-hydrogen) atoms. The van der Waals surface area contributed by atoms with Crippen molar-refractivity contribution in [2.75, 3.05) is 0 Å². The number of hydrogen-bond donors (Lipinski definition) is 0. The third-order valence-corrected chi connectivity index (χ3v) is 15.6. The van der Waals surface area contributed by atoms with Crippen molar-refractivity contribution in [1.82, 2.24) is 0 Å². The molecule has 0 atom stereocenters. The van der Waals surface area contributed by atoms with E-state index in [9.17, 15) is 19.2 Å². The van der Waals surface area contributed by atoms with Gasteiger partial charge in [-0.1, -0.05) is 106 Å². The van der Waals surface area contributed by atoms with Gasteiger partial charge in [-0.15, -0.1) is 0 Å². The van der Waals surface area contributed by atoms with Gasteiger partial charge in [0.1, 0.15) is 0 Å². The zero-order chi connectivity index (χ0) is 39.0. The minimum Gasteiger partial charge on any atom is -0.287 e. The van der Waals surface area contributed by atoms with Gasteiger partial charge in [0.15, 0.2) is 10.7 Å². The summed E-state index contributed by atoms with van der Waals surface area (Å²) in [6.45, 7) is 0. The van der Waals surface area contributed by atoms with Crippen molar-refractivity contribution < 1.29 is 0 Å². The van der Waals surface area contributed by atoms with E-state index in [1.165, 1.54) is 63.8 Å². The van der Waals surface area contributed by atoms with E-state index in [-0.39, 0.29) is 48.7 Å². The lowest BCUT2D eigenvalue weighted by Gasteiger charge is -2.38. The van der Waals surface area contributed by atoms with Gasteiger partial charge < -0.3 is 0 Å². The van der Waals surface area contributed by atoms with Gasteiger partial charge in [0, 0.05) is 37.8 Å². The molecule has 6 nitrogen and oxygen atoms in total. The van der Waals surface area contributed by atoms with Crippen LogP contribution >= 0.6 is 0 Å². The summed E-state index contributed by atoms with van der Waals surface area (Å²) in [4.78, 5) is 64.7. The van der Waals surface area contributed by atoms with Crippen LogP contribution in [0.25, 0.3) is 44.8 Å². The number of fused-ring (bicyclic) bond motifs is 11. The van der Waals surface area contributed by atoms with Crippen LogP contribution < -0.4 is 32.4 Å². The smallest absolute Gasteiger partial charge is 0.216 e.